The summed E-state index contributed by atoms with van der Waals surface area (Å²) in [4.78, 5) is 19.8. The number of carbonyl (C=O) groups is 2. The molecule has 0 bridgehead atoms. The van der Waals surface area contributed by atoms with Gasteiger partial charge in [-0.15, -0.1) is 0 Å². The molecule has 2 aliphatic rings. The maximum atomic E-state index is 9.89. The van der Waals surface area contributed by atoms with Crippen molar-refractivity contribution in [2.24, 2.45) is 11.8 Å². The van der Waals surface area contributed by atoms with E-state index < -0.39 is 11.9 Å². The number of hydrogen-bond donors (Lipinski definition) is 0. The summed E-state index contributed by atoms with van der Waals surface area (Å²) in [7, 11) is 0. The molecular formula is C12H18ClGaO4. The summed E-state index contributed by atoms with van der Waals surface area (Å²) in [5.74, 6) is -0.899. The zero-order chi connectivity index (χ0) is 12.0. The Balaban J connectivity index is 0. The van der Waals surface area contributed by atoms with Crippen LogP contribution in [0.15, 0.2) is 0 Å². The maximum Gasteiger partial charge on any atom is 3.00 e. The molecular weight excluding hydrogens is 313 g/mol. The molecule has 6 heteroatoms. The van der Waals surface area contributed by atoms with Crippen LogP contribution in [0.2, 0.25) is 0 Å². The van der Waals surface area contributed by atoms with E-state index in [0.29, 0.717) is 11.8 Å². The summed E-state index contributed by atoms with van der Waals surface area (Å²) in [6, 6.07) is 0. The Morgan fingerprint density at radius 1 is 0.833 bits per heavy atom. The van der Waals surface area contributed by atoms with Gasteiger partial charge in [-0.2, -0.15) is 0 Å². The minimum absolute atomic E-state index is 0. The van der Waals surface area contributed by atoms with Gasteiger partial charge in [0, 0.05) is 11.9 Å². The van der Waals surface area contributed by atoms with Crippen molar-refractivity contribution in [3.8, 4) is 0 Å². The van der Waals surface area contributed by atoms with Crippen LogP contribution in [-0.2, 0) is 9.59 Å². The standard InChI is InChI=1S/2C6H10O2.ClH.Ga/c2*7-6(8)4-5-2-1-3-5;;/h2*5H,1-4H2,(H,7,8);1H;/q;;;+3/p-3. The summed E-state index contributed by atoms with van der Waals surface area (Å²) < 4.78 is 0. The van der Waals surface area contributed by atoms with Crippen molar-refractivity contribution < 1.29 is 32.2 Å². The summed E-state index contributed by atoms with van der Waals surface area (Å²) in [6.07, 6.45) is 7.33. The number of carboxylic acid groups (broad SMARTS) is 2. The fourth-order valence-corrected chi connectivity index (χ4v) is 1.87. The van der Waals surface area contributed by atoms with Gasteiger partial charge in [0.1, 0.15) is 0 Å². The fourth-order valence-electron chi connectivity index (χ4n) is 1.87. The topological polar surface area (TPSA) is 80.3 Å². The monoisotopic (exact) mass is 330 g/mol. The Kier molecular flexibility index (Phi) is 12.1. The van der Waals surface area contributed by atoms with Gasteiger partial charge in [-0.1, -0.05) is 38.5 Å². The molecule has 0 spiro atoms. The molecule has 0 saturated heterocycles. The smallest absolute Gasteiger partial charge is 1.00 e. The third-order valence-electron chi connectivity index (χ3n) is 3.36. The molecule has 0 aliphatic heterocycles. The predicted octanol–water partition coefficient (Wildman–Crippen LogP) is -3.52. The molecule has 18 heavy (non-hydrogen) atoms. The quantitative estimate of drug-likeness (QED) is 0.500. The second-order valence-electron chi connectivity index (χ2n) is 4.75. The predicted molar refractivity (Wildman–Crippen MR) is 59.7 cm³/mol. The molecule has 0 amide bonds. The van der Waals surface area contributed by atoms with Crippen molar-refractivity contribution in [1.29, 1.82) is 0 Å². The second kappa shape index (κ2) is 10.8. The van der Waals surface area contributed by atoms with E-state index in [1.54, 1.807) is 0 Å². The van der Waals surface area contributed by atoms with Gasteiger partial charge in [0.2, 0.25) is 0 Å². The molecule has 0 N–H and O–H groups in total. The van der Waals surface area contributed by atoms with Crippen molar-refractivity contribution in [3.63, 3.8) is 0 Å². The van der Waals surface area contributed by atoms with Gasteiger partial charge in [-0.05, 0) is 24.7 Å². The Bertz CT molecular complexity index is 226. The average Bonchev–Trinajstić information content (AvgIpc) is 2.05. The molecule has 2 saturated carbocycles. The average molecular weight is 331 g/mol. The van der Waals surface area contributed by atoms with Crippen LogP contribution in [0.3, 0.4) is 0 Å². The molecule has 2 aliphatic carbocycles. The number of aliphatic carboxylic acids is 2. The van der Waals surface area contributed by atoms with E-state index in [-0.39, 0.29) is 45.0 Å². The van der Waals surface area contributed by atoms with E-state index in [4.69, 9.17) is 0 Å². The Hall–Kier alpha value is -0.134. The van der Waals surface area contributed by atoms with Gasteiger partial charge in [0.05, 0.1) is 0 Å². The minimum atomic E-state index is -0.894. The van der Waals surface area contributed by atoms with Gasteiger partial charge in [0.15, 0.2) is 0 Å². The largest absolute Gasteiger partial charge is 3.00 e. The second-order valence-corrected chi connectivity index (χ2v) is 4.75. The van der Waals surface area contributed by atoms with Gasteiger partial charge >= 0.3 is 19.8 Å². The van der Waals surface area contributed by atoms with Gasteiger partial charge in [-0.3, -0.25) is 0 Å². The summed E-state index contributed by atoms with van der Waals surface area (Å²) in [6.45, 7) is 0. The number of halogens is 1. The van der Waals surface area contributed by atoms with Crippen molar-refractivity contribution in [2.45, 2.75) is 51.4 Å². The van der Waals surface area contributed by atoms with Crippen molar-refractivity contribution in [3.05, 3.63) is 0 Å². The van der Waals surface area contributed by atoms with Crippen LogP contribution in [0.5, 0.6) is 0 Å². The van der Waals surface area contributed by atoms with E-state index >= 15 is 0 Å². The molecule has 0 aromatic heterocycles. The molecule has 4 nitrogen and oxygen atoms in total. The van der Waals surface area contributed by atoms with Crippen molar-refractivity contribution >= 4 is 31.7 Å². The molecule has 100 valence electrons. The molecule has 0 heterocycles. The molecule has 0 unspecified atom stereocenters. The molecule has 0 radical (unpaired) electrons. The minimum Gasteiger partial charge on any atom is -1.00 e. The normalized spacial score (nSPS) is 17.8. The Morgan fingerprint density at radius 2 is 1.11 bits per heavy atom. The van der Waals surface area contributed by atoms with E-state index in [1.165, 1.54) is 12.8 Å². The summed E-state index contributed by atoms with van der Waals surface area (Å²) in [5.41, 5.74) is 0. The van der Waals surface area contributed by atoms with Crippen LogP contribution in [0.1, 0.15) is 51.4 Å². The fraction of sp³-hybridized carbons (Fsp3) is 0.833. The van der Waals surface area contributed by atoms with Gasteiger partial charge < -0.3 is 32.2 Å². The Labute approximate surface area is 127 Å². The Morgan fingerprint density at radius 3 is 1.17 bits per heavy atom. The van der Waals surface area contributed by atoms with E-state index in [2.05, 4.69) is 0 Å². The van der Waals surface area contributed by atoms with Crippen molar-refractivity contribution in [1.82, 2.24) is 0 Å². The molecule has 0 aromatic carbocycles. The van der Waals surface area contributed by atoms with Gasteiger partial charge in [0.25, 0.3) is 0 Å². The summed E-state index contributed by atoms with van der Waals surface area (Å²) in [5, 5.41) is 19.8. The molecule has 2 fully saturated rings. The van der Waals surface area contributed by atoms with Crippen LogP contribution >= 0.6 is 0 Å². The summed E-state index contributed by atoms with van der Waals surface area (Å²) >= 11 is 0. The third-order valence-corrected chi connectivity index (χ3v) is 3.36. The first kappa shape index (κ1) is 20.2. The SMILES string of the molecule is O=C([O-])CC1CCC1.O=C([O-])CC1CCC1.[Cl-].[Ga+3]. The maximum absolute atomic E-state index is 9.89. The first-order valence-corrected chi connectivity index (χ1v) is 5.97. The number of rotatable bonds is 4. The zero-order valence-corrected chi connectivity index (χ0v) is 13.6. The molecule has 2 rings (SSSR count). The number of carboxylic acids is 2. The van der Waals surface area contributed by atoms with Crippen molar-refractivity contribution in [2.75, 3.05) is 0 Å². The van der Waals surface area contributed by atoms with Crippen LogP contribution < -0.4 is 22.6 Å². The van der Waals surface area contributed by atoms with Gasteiger partial charge in [-0.25, -0.2) is 0 Å². The number of hydrogen-bond acceptors (Lipinski definition) is 4. The first-order chi connectivity index (χ1) is 7.58. The first-order valence-electron chi connectivity index (χ1n) is 5.97. The third kappa shape index (κ3) is 8.88. The zero-order valence-electron chi connectivity index (χ0n) is 10.4. The van der Waals surface area contributed by atoms with Crippen LogP contribution in [0.4, 0.5) is 0 Å². The van der Waals surface area contributed by atoms with Crippen LogP contribution in [0, 0.1) is 11.8 Å². The molecule has 0 atom stereocenters. The molecule has 0 aromatic rings. The van der Waals surface area contributed by atoms with Crippen LogP contribution in [0.25, 0.3) is 0 Å². The van der Waals surface area contributed by atoms with Crippen LogP contribution in [-0.4, -0.2) is 31.7 Å². The van der Waals surface area contributed by atoms with E-state index in [1.807, 2.05) is 0 Å². The number of carbonyl (C=O) groups excluding carboxylic acids is 2. The van der Waals surface area contributed by atoms with E-state index in [9.17, 15) is 19.8 Å². The van der Waals surface area contributed by atoms with E-state index in [0.717, 1.165) is 25.7 Å².